The number of thiophene rings is 1. The highest BCUT2D eigenvalue weighted by atomic mass is 32.2. The molecule has 3 heterocycles. The van der Waals surface area contributed by atoms with Crippen LogP contribution in [0.4, 0.5) is 15.8 Å². The molecule has 1 saturated heterocycles. The van der Waals surface area contributed by atoms with Crippen molar-refractivity contribution >= 4 is 56.5 Å². The quantitative estimate of drug-likeness (QED) is 0.441. The molecule has 0 bridgehead atoms. The molecule has 1 aliphatic heterocycles. The number of hydrogen-bond acceptors (Lipinski definition) is 6. The highest BCUT2D eigenvalue weighted by Crippen LogP contribution is 2.34. The molecule has 1 N–H and O–H groups in total. The van der Waals surface area contributed by atoms with Gasteiger partial charge in [0, 0.05) is 41.1 Å². The average Bonchev–Trinajstić information content (AvgIpc) is 3.25. The van der Waals surface area contributed by atoms with E-state index in [-0.39, 0.29) is 23.9 Å². The molecule has 0 unspecified atom stereocenters. The number of anilines is 2. The molecule has 1 fully saturated rings. The van der Waals surface area contributed by atoms with Gasteiger partial charge in [0.15, 0.2) is 0 Å². The van der Waals surface area contributed by atoms with Gasteiger partial charge in [-0.15, -0.1) is 23.1 Å². The number of aromatic nitrogens is 2. The largest absolute Gasteiger partial charge is 0.326 e. The molecule has 0 radical (unpaired) electrons. The first kappa shape index (κ1) is 20.7. The van der Waals surface area contributed by atoms with Gasteiger partial charge < -0.3 is 10.2 Å². The predicted octanol–water partition coefficient (Wildman–Crippen LogP) is 4.69. The van der Waals surface area contributed by atoms with E-state index in [0.717, 1.165) is 21.7 Å². The number of nitrogens with zero attached hydrogens (tertiary/aromatic N) is 3. The SMILES string of the molecule is Cc1sc2ncnc(SCCC(=O)Nc3ccc(N4CCCC4=O)c(F)c3)c2c1C. The van der Waals surface area contributed by atoms with Crippen LogP contribution in [-0.4, -0.2) is 34.1 Å². The highest BCUT2D eigenvalue weighted by molar-refractivity contribution is 7.99. The Morgan fingerprint density at radius 1 is 1.33 bits per heavy atom. The zero-order valence-electron chi connectivity index (χ0n) is 16.7. The Hall–Kier alpha value is -2.52. The molecule has 1 aliphatic rings. The smallest absolute Gasteiger partial charge is 0.227 e. The van der Waals surface area contributed by atoms with Crippen LogP contribution in [-0.2, 0) is 9.59 Å². The number of nitrogens with one attached hydrogen (secondary N) is 1. The maximum atomic E-state index is 14.4. The fraction of sp³-hybridized carbons (Fsp3) is 0.333. The number of hydrogen-bond donors (Lipinski definition) is 1. The summed E-state index contributed by atoms with van der Waals surface area (Å²) in [6.45, 7) is 4.65. The average molecular weight is 445 g/mol. The van der Waals surface area contributed by atoms with Crippen molar-refractivity contribution in [3.8, 4) is 0 Å². The van der Waals surface area contributed by atoms with E-state index in [9.17, 15) is 14.0 Å². The summed E-state index contributed by atoms with van der Waals surface area (Å²) >= 11 is 3.16. The van der Waals surface area contributed by atoms with E-state index in [0.29, 0.717) is 24.4 Å². The number of benzene rings is 1. The number of aryl methyl sites for hydroxylation is 2. The number of halogens is 1. The second-order valence-electron chi connectivity index (χ2n) is 7.10. The first-order valence-electron chi connectivity index (χ1n) is 9.67. The summed E-state index contributed by atoms with van der Waals surface area (Å²) in [5.41, 5.74) is 1.82. The van der Waals surface area contributed by atoms with Gasteiger partial charge in [-0.25, -0.2) is 14.4 Å². The van der Waals surface area contributed by atoms with Crippen molar-refractivity contribution in [1.82, 2.24) is 9.97 Å². The van der Waals surface area contributed by atoms with Crippen molar-refractivity contribution in [2.75, 3.05) is 22.5 Å². The third kappa shape index (κ3) is 4.17. The molecule has 0 atom stereocenters. The van der Waals surface area contributed by atoms with Crippen molar-refractivity contribution in [2.24, 2.45) is 0 Å². The second-order valence-corrected chi connectivity index (χ2v) is 9.39. The molecule has 6 nitrogen and oxygen atoms in total. The van der Waals surface area contributed by atoms with Crippen molar-refractivity contribution in [1.29, 1.82) is 0 Å². The lowest BCUT2D eigenvalue weighted by Crippen LogP contribution is -2.24. The fourth-order valence-electron chi connectivity index (χ4n) is 3.43. The first-order chi connectivity index (χ1) is 14.4. The molecule has 3 aromatic rings. The zero-order valence-corrected chi connectivity index (χ0v) is 18.3. The summed E-state index contributed by atoms with van der Waals surface area (Å²) in [7, 11) is 0. The Morgan fingerprint density at radius 2 is 2.17 bits per heavy atom. The number of amides is 2. The van der Waals surface area contributed by atoms with Gasteiger partial charge in [0.2, 0.25) is 11.8 Å². The lowest BCUT2D eigenvalue weighted by atomic mass is 10.2. The van der Waals surface area contributed by atoms with Crippen LogP contribution in [0.15, 0.2) is 29.6 Å². The topological polar surface area (TPSA) is 75.2 Å². The third-order valence-corrected chi connectivity index (χ3v) is 7.20. The summed E-state index contributed by atoms with van der Waals surface area (Å²) in [5.74, 6) is -0.230. The molecule has 9 heteroatoms. The van der Waals surface area contributed by atoms with Crippen LogP contribution in [0.1, 0.15) is 29.7 Å². The van der Waals surface area contributed by atoms with Crippen LogP contribution in [0.3, 0.4) is 0 Å². The van der Waals surface area contributed by atoms with Crippen molar-refractivity contribution in [3.63, 3.8) is 0 Å². The van der Waals surface area contributed by atoms with E-state index in [1.54, 1.807) is 29.8 Å². The third-order valence-electron chi connectivity index (χ3n) is 5.09. The van der Waals surface area contributed by atoms with Gasteiger partial charge in [0.05, 0.1) is 5.69 Å². The summed E-state index contributed by atoms with van der Waals surface area (Å²) in [5, 5.41) is 4.65. The molecule has 0 aliphatic carbocycles. The summed E-state index contributed by atoms with van der Waals surface area (Å²) in [6.07, 6.45) is 3.00. The maximum Gasteiger partial charge on any atom is 0.227 e. The Bertz CT molecular complexity index is 1130. The summed E-state index contributed by atoms with van der Waals surface area (Å²) < 4.78 is 14.4. The molecule has 2 amide bonds. The minimum atomic E-state index is -0.510. The van der Waals surface area contributed by atoms with Crippen LogP contribution in [0.25, 0.3) is 10.2 Å². The Labute approximate surface area is 181 Å². The lowest BCUT2D eigenvalue weighted by molar-refractivity contribution is -0.117. The Morgan fingerprint density at radius 3 is 2.90 bits per heavy atom. The normalized spacial score (nSPS) is 14.0. The molecular weight excluding hydrogens is 423 g/mol. The van der Waals surface area contributed by atoms with Gasteiger partial charge in [-0.1, -0.05) is 0 Å². The van der Waals surface area contributed by atoms with Gasteiger partial charge >= 0.3 is 0 Å². The van der Waals surface area contributed by atoms with Crippen LogP contribution < -0.4 is 10.2 Å². The minimum Gasteiger partial charge on any atom is -0.326 e. The van der Waals surface area contributed by atoms with Gasteiger partial charge in [0.1, 0.15) is 22.0 Å². The number of fused-ring (bicyclic) bond motifs is 1. The lowest BCUT2D eigenvalue weighted by Gasteiger charge is -2.17. The zero-order chi connectivity index (χ0) is 21.3. The number of carbonyl (C=O) groups is 2. The van der Waals surface area contributed by atoms with E-state index >= 15 is 0 Å². The van der Waals surface area contributed by atoms with Gasteiger partial charge in [-0.2, -0.15) is 0 Å². The highest BCUT2D eigenvalue weighted by Gasteiger charge is 2.24. The number of thioether (sulfide) groups is 1. The monoisotopic (exact) mass is 444 g/mol. The minimum absolute atomic E-state index is 0.0717. The Balaban J connectivity index is 1.35. The molecule has 1 aromatic carbocycles. The summed E-state index contributed by atoms with van der Waals surface area (Å²) in [4.78, 5) is 36.4. The standard InChI is InChI=1S/C21H21FN4O2S2/c1-12-13(2)30-21-19(12)20(23-11-24-21)29-9-7-17(27)25-14-5-6-16(15(22)10-14)26-8-3-4-18(26)28/h5-6,10-11H,3-4,7-9H2,1-2H3,(H,25,27). The number of carbonyl (C=O) groups excluding carboxylic acids is 2. The van der Waals surface area contributed by atoms with E-state index in [1.807, 2.05) is 0 Å². The van der Waals surface area contributed by atoms with Crippen molar-refractivity contribution in [3.05, 3.63) is 40.8 Å². The van der Waals surface area contributed by atoms with Gasteiger partial charge in [-0.3, -0.25) is 9.59 Å². The van der Waals surface area contributed by atoms with Crippen LogP contribution in [0.5, 0.6) is 0 Å². The van der Waals surface area contributed by atoms with Crippen LogP contribution in [0.2, 0.25) is 0 Å². The number of rotatable bonds is 6. The van der Waals surface area contributed by atoms with Crippen LogP contribution >= 0.6 is 23.1 Å². The van der Waals surface area contributed by atoms with E-state index < -0.39 is 5.82 Å². The summed E-state index contributed by atoms with van der Waals surface area (Å²) in [6, 6.07) is 4.43. The fourth-order valence-corrected chi connectivity index (χ4v) is 5.49. The molecule has 0 saturated carbocycles. The van der Waals surface area contributed by atoms with Gasteiger partial charge in [-0.05, 0) is 44.0 Å². The van der Waals surface area contributed by atoms with Gasteiger partial charge in [0.25, 0.3) is 0 Å². The van der Waals surface area contributed by atoms with Crippen LogP contribution in [0, 0.1) is 19.7 Å². The molecule has 4 rings (SSSR count). The van der Waals surface area contributed by atoms with E-state index in [4.69, 9.17) is 0 Å². The van der Waals surface area contributed by atoms with Crippen molar-refractivity contribution in [2.45, 2.75) is 38.1 Å². The molecule has 30 heavy (non-hydrogen) atoms. The van der Waals surface area contributed by atoms with E-state index in [1.165, 1.54) is 33.2 Å². The Kier molecular flexibility index (Phi) is 6.01. The first-order valence-corrected chi connectivity index (χ1v) is 11.5. The molecule has 2 aromatic heterocycles. The van der Waals surface area contributed by atoms with Crippen molar-refractivity contribution < 1.29 is 14.0 Å². The molecule has 0 spiro atoms. The second kappa shape index (κ2) is 8.69. The van der Waals surface area contributed by atoms with E-state index in [2.05, 4.69) is 29.1 Å². The molecular formula is C21H21FN4O2S2. The maximum absolute atomic E-state index is 14.4. The predicted molar refractivity (Wildman–Crippen MR) is 119 cm³/mol. The molecule has 156 valence electrons.